The fourth-order valence-electron chi connectivity index (χ4n) is 5.57. The fourth-order valence-corrected chi connectivity index (χ4v) is 6.14. The number of fused-ring (bicyclic) bond motifs is 1. The number of hydrogen-bond acceptors (Lipinski definition) is 6. The summed E-state index contributed by atoms with van der Waals surface area (Å²) in [5.74, 6) is 1.04. The van der Waals surface area contributed by atoms with Crippen LogP contribution in [0.2, 0.25) is 10.0 Å². The zero-order valence-corrected chi connectivity index (χ0v) is 21.3. The Morgan fingerprint density at radius 1 is 1.15 bits per heavy atom. The fraction of sp³-hybridized carbons (Fsp3) is 0.560. The molecule has 1 N–H and O–H groups in total. The molecular formula is C25H32Cl2N6O. The van der Waals surface area contributed by atoms with Crippen LogP contribution in [0.3, 0.4) is 0 Å². The van der Waals surface area contributed by atoms with E-state index in [-0.39, 0.29) is 18.6 Å². The lowest BCUT2D eigenvalue weighted by atomic mass is 9.90. The van der Waals surface area contributed by atoms with Gasteiger partial charge >= 0.3 is 0 Å². The minimum absolute atomic E-state index is 0.124. The van der Waals surface area contributed by atoms with Crippen LogP contribution in [0.25, 0.3) is 11.2 Å². The van der Waals surface area contributed by atoms with Crippen molar-refractivity contribution in [3.05, 3.63) is 45.7 Å². The molecule has 0 saturated carbocycles. The maximum atomic E-state index is 10.2. The number of aliphatic hydroxyl groups is 1. The van der Waals surface area contributed by atoms with E-state index in [4.69, 9.17) is 38.3 Å². The molecule has 0 amide bonds. The second kappa shape index (κ2) is 9.97. The quantitative estimate of drug-likeness (QED) is 0.543. The van der Waals surface area contributed by atoms with Crippen molar-refractivity contribution in [2.75, 3.05) is 37.7 Å². The zero-order chi connectivity index (χ0) is 23.8. The maximum Gasteiger partial charge on any atom is 0.179 e. The summed E-state index contributed by atoms with van der Waals surface area (Å²) in [6.45, 7) is 8.19. The van der Waals surface area contributed by atoms with Crippen molar-refractivity contribution >= 4 is 40.2 Å². The third kappa shape index (κ3) is 4.51. The van der Waals surface area contributed by atoms with Gasteiger partial charge in [0.05, 0.1) is 17.9 Å². The molecule has 9 heteroatoms. The second-order valence-corrected chi connectivity index (χ2v) is 10.5. The van der Waals surface area contributed by atoms with Gasteiger partial charge in [-0.15, -0.1) is 0 Å². The first kappa shape index (κ1) is 23.8. The highest BCUT2D eigenvalue weighted by Gasteiger charge is 2.34. The lowest BCUT2D eigenvalue weighted by Gasteiger charge is -2.45. The van der Waals surface area contributed by atoms with E-state index in [0.717, 1.165) is 60.8 Å². The van der Waals surface area contributed by atoms with Crippen LogP contribution < -0.4 is 4.90 Å². The van der Waals surface area contributed by atoms with Crippen LogP contribution in [-0.4, -0.2) is 68.6 Å². The molecule has 2 aliphatic heterocycles. The van der Waals surface area contributed by atoms with E-state index in [9.17, 15) is 5.11 Å². The zero-order valence-electron chi connectivity index (χ0n) is 19.8. The van der Waals surface area contributed by atoms with Crippen molar-refractivity contribution in [3.63, 3.8) is 0 Å². The van der Waals surface area contributed by atoms with E-state index in [1.54, 1.807) is 6.07 Å². The number of rotatable bonds is 5. The van der Waals surface area contributed by atoms with Crippen molar-refractivity contribution in [1.29, 1.82) is 0 Å². The molecule has 2 aromatic heterocycles. The Labute approximate surface area is 210 Å². The molecule has 0 radical (unpaired) electrons. The van der Waals surface area contributed by atoms with Gasteiger partial charge in [-0.3, -0.25) is 4.90 Å². The van der Waals surface area contributed by atoms with E-state index in [1.807, 2.05) is 29.9 Å². The molecule has 0 aliphatic carbocycles. The van der Waals surface area contributed by atoms with Crippen molar-refractivity contribution in [3.8, 4) is 0 Å². The topological polar surface area (TPSA) is 70.3 Å². The van der Waals surface area contributed by atoms with Crippen LogP contribution in [0.1, 0.15) is 49.9 Å². The molecule has 182 valence electrons. The largest absolute Gasteiger partial charge is 0.396 e. The summed E-state index contributed by atoms with van der Waals surface area (Å²) < 4.78 is 1.90. The van der Waals surface area contributed by atoms with E-state index in [2.05, 4.69) is 16.7 Å². The monoisotopic (exact) mass is 502 g/mol. The number of hydrogen-bond donors (Lipinski definition) is 1. The number of likely N-dealkylation sites (tertiary alicyclic amines) is 1. The molecule has 2 aliphatic rings. The van der Waals surface area contributed by atoms with Gasteiger partial charge < -0.3 is 10.0 Å². The SMILES string of the molecule is Cc1nn(C(C)c2ccc(Cl)cc2Cl)c2nc(N3CCC(N4CCCCC4)C(CO)C3)cnc12. The van der Waals surface area contributed by atoms with Crippen molar-refractivity contribution in [1.82, 2.24) is 24.6 Å². The number of piperidine rings is 2. The number of nitrogens with zero attached hydrogens (tertiary/aromatic N) is 6. The Balaban J connectivity index is 1.43. The van der Waals surface area contributed by atoms with Gasteiger partial charge in [-0.1, -0.05) is 35.7 Å². The van der Waals surface area contributed by atoms with Crippen LogP contribution in [0, 0.1) is 12.8 Å². The normalized spacial score (nSPS) is 22.9. The first-order valence-corrected chi connectivity index (χ1v) is 13.0. The van der Waals surface area contributed by atoms with Crippen LogP contribution in [0.5, 0.6) is 0 Å². The number of halogens is 2. The highest BCUT2D eigenvalue weighted by atomic mass is 35.5. The summed E-state index contributed by atoms with van der Waals surface area (Å²) in [6, 6.07) is 5.86. The second-order valence-electron chi connectivity index (χ2n) is 9.61. The van der Waals surface area contributed by atoms with Crippen LogP contribution in [0.4, 0.5) is 5.82 Å². The van der Waals surface area contributed by atoms with Crippen molar-refractivity contribution in [2.45, 2.75) is 51.6 Å². The Morgan fingerprint density at radius 3 is 2.68 bits per heavy atom. The van der Waals surface area contributed by atoms with E-state index >= 15 is 0 Å². The average molecular weight is 503 g/mol. The smallest absolute Gasteiger partial charge is 0.179 e. The third-order valence-corrected chi connectivity index (χ3v) is 8.01. The molecule has 34 heavy (non-hydrogen) atoms. The Bertz CT molecular complexity index is 1160. The van der Waals surface area contributed by atoms with Gasteiger partial charge in [0, 0.05) is 41.7 Å². The molecular weight excluding hydrogens is 471 g/mol. The molecule has 4 heterocycles. The summed E-state index contributed by atoms with van der Waals surface area (Å²) in [5, 5.41) is 16.2. The van der Waals surface area contributed by atoms with Crippen LogP contribution in [-0.2, 0) is 0 Å². The molecule has 3 atom stereocenters. The molecule has 3 unspecified atom stereocenters. The molecule has 5 rings (SSSR count). The summed E-state index contributed by atoms with van der Waals surface area (Å²) >= 11 is 12.6. The number of aromatic nitrogens is 4. The van der Waals surface area contributed by atoms with Crippen molar-refractivity contribution < 1.29 is 5.11 Å². The summed E-state index contributed by atoms with van der Waals surface area (Å²) in [5.41, 5.74) is 3.31. The molecule has 1 aromatic carbocycles. The number of aliphatic hydroxyl groups excluding tert-OH is 1. The van der Waals surface area contributed by atoms with Crippen LogP contribution >= 0.6 is 23.2 Å². The lowest BCUT2D eigenvalue weighted by Crippen LogP contribution is -2.53. The van der Waals surface area contributed by atoms with Crippen molar-refractivity contribution in [2.24, 2.45) is 5.92 Å². The van der Waals surface area contributed by atoms with Gasteiger partial charge in [-0.2, -0.15) is 5.10 Å². The maximum absolute atomic E-state index is 10.2. The minimum atomic E-state index is -0.124. The first-order valence-electron chi connectivity index (χ1n) is 12.2. The Morgan fingerprint density at radius 2 is 1.94 bits per heavy atom. The van der Waals surface area contributed by atoms with Gasteiger partial charge in [0.15, 0.2) is 5.65 Å². The van der Waals surface area contributed by atoms with E-state index in [0.29, 0.717) is 16.1 Å². The molecule has 0 spiro atoms. The van der Waals surface area contributed by atoms with Gasteiger partial charge in [0.2, 0.25) is 0 Å². The summed E-state index contributed by atoms with van der Waals surface area (Å²) in [7, 11) is 0. The lowest BCUT2D eigenvalue weighted by molar-refractivity contribution is 0.0676. The first-order chi connectivity index (χ1) is 16.5. The predicted octanol–water partition coefficient (Wildman–Crippen LogP) is 4.72. The summed E-state index contributed by atoms with van der Waals surface area (Å²) in [4.78, 5) is 14.6. The molecule has 2 fully saturated rings. The Hall–Kier alpha value is -1.93. The molecule has 7 nitrogen and oxygen atoms in total. The highest BCUT2D eigenvalue weighted by Crippen LogP contribution is 2.32. The van der Waals surface area contributed by atoms with Gasteiger partial charge in [0.1, 0.15) is 11.3 Å². The molecule has 2 saturated heterocycles. The Kier molecular flexibility index (Phi) is 6.98. The molecule has 0 bridgehead atoms. The predicted molar refractivity (Wildman–Crippen MR) is 137 cm³/mol. The highest BCUT2D eigenvalue weighted by molar-refractivity contribution is 6.35. The van der Waals surface area contributed by atoms with Gasteiger partial charge in [0.25, 0.3) is 0 Å². The van der Waals surface area contributed by atoms with E-state index in [1.165, 1.54) is 19.3 Å². The van der Waals surface area contributed by atoms with E-state index < -0.39 is 0 Å². The number of aryl methyl sites for hydroxylation is 1. The summed E-state index contributed by atoms with van der Waals surface area (Å²) in [6.07, 6.45) is 6.72. The minimum Gasteiger partial charge on any atom is -0.396 e. The standard InChI is InChI=1S/C25H32Cl2N6O/c1-16-24-25(33(30-16)17(2)20-7-6-19(26)12-21(20)27)29-23(13-28-24)32-11-8-22(18(14-32)15-34)31-9-4-3-5-10-31/h6-7,12-13,17-18,22,34H,3-5,8-11,14-15H2,1-2H3. The van der Waals surface area contributed by atoms with Gasteiger partial charge in [-0.25, -0.2) is 14.6 Å². The number of anilines is 1. The number of benzene rings is 1. The third-order valence-electron chi connectivity index (χ3n) is 7.45. The molecule has 3 aromatic rings. The average Bonchev–Trinajstić information content (AvgIpc) is 3.19. The van der Waals surface area contributed by atoms with Gasteiger partial charge in [-0.05, 0) is 63.9 Å². The van der Waals surface area contributed by atoms with Crippen LogP contribution in [0.15, 0.2) is 24.4 Å².